The number of hydrogen-bond acceptors (Lipinski definition) is 3. The van der Waals surface area contributed by atoms with Crippen LogP contribution in [0.2, 0.25) is 0 Å². The van der Waals surface area contributed by atoms with E-state index in [2.05, 4.69) is 17.9 Å². The molecule has 0 spiro atoms. The zero-order valence-electron chi connectivity index (χ0n) is 8.69. The highest BCUT2D eigenvalue weighted by atomic mass is 32.1. The Labute approximate surface area is 95.2 Å². The van der Waals surface area contributed by atoms with Gasteiger partial charge in [-0.25, -0.2) is 0 Å². The molecule has 1 aromatic rings. The third-order valence-electron chi connectivity index (χ3n) is 2.01. The molecule has 1 N–H and O–H groups in total. The summed E-state index contributed by atoms with van der Waals surface area (Å²) in [6.45, 7) is 0.647. The van der Waals surface area contributed by atoms with Gasteiger partial charge in [0.25, 0.3) is 0 Å². The molecule has 1 aromatic carbocycles. The molecule has 3 nitrogen and oxygen atoms in total. The Morgan fingerprint density at radius 1 is 1.47 bits per heavy atom. The monoisotopic (exact) mass is 225 g/mol. The third-order valence-corrected chi connectivity index (χ3v) is 2.30. The number of carbonyl (C=O) groups is 1. The first-order chi connectivity index (χ1) is 7.27. The van der Waals surface area contributed by atoms with Crippen LogP contribution in [0.5, 0.6) is 0 Å². The maximum atomic E-state index is 11.2. The molecule has 0 fully saturated rings. The highest BCUT2D eigenvalue weighted by Gasteiger charge is 2.04. The van der Waals surface area contributed by atoms with Gasteiger partial charge >= 0.3 is 0 Å². The maximum Gasteiger partial charge on any atom is 0.234 e. The van der Waals surface area contributed by atoms with Crippen molar-refractivity contribution in [3.63, 3.8) is 0 Å². The topological polar surface area (TPSA) is 38.3 Å². The average Bonchev–Trinajstić information content (AvgIpc) is 2.28. The van der Waals surface area contributed by atoms with Gasteiger partial charge in [0.15, 0.2) is 0 Å². The van der Waals surface area contributed by atoms with Crippen LogP contribution in [-0.2, 0) is 16.0 Å². The number of ether oxygens (including phenoxy) is 1. The number of methoxy groups -OCH3 is 1. The molecule has 0 atom stereocenters. The number of para-hydroxylation sites is 1. The van der Waals surface area contributed by atoms with Crippen molar-refractivity contribution >= 4 is 24.2 Å². The normalized spacial score (nSPS) is 10.0. The van der Waals surface area contributed by atoms with Crippen molar-refractivity contribution in [1.82, 2.24) is 0 Å². The Morgan fingerprint density at radius 3 is 2.87 bits per heavy atom. The van der Waals surface area contributed by atoms with Crippen molar-refractivity contribution in [3.8, 4) is 0 Å². The quantitative estimate of drug-likeness (QED) is 0.749. The molecule has 0 saturated heterocycles. The van der Waals surface area contributed by atoms with E-state index < -0.39 is 0 Å². The van der Waals surface area contributed by atoms with E-state index in [1.54, 1.807) is 7.11 Å². The molecule has 0 aliphatic heterocycles. The van der Waals surface area contributed by atoms with Gasteiger partial charge in [-0.2, -0.15) is 12.6 Å². The highest BCUT2D eigenvalue weighted by Crippen LogP contribution is 2.15. The molecule has 4 heteroatoms. The van der Waals surface area contributed by atoms with Crippen molar-refractivity contribution in [2.45, 2.75) is 6.42 Å². The molecule has 0 saturated carbocycles. The van der Waals surface area contributed by atoms with Gasteiger partial charge in [-0.1, -0.05) is 18.2 Å². The predicted molar refractivity (Wildman–Crippen MR) is 64.5 cm³/mol. The van der Waals surface area contributed by atoms with Crippen LogP contribution in [0.15, 0.2) is 24.3 Å². The molecular weight excluding hydrogens is 210 g/mol. The SMILES string of the molecule is COCCc1ccccc1NC(=O)CS. The lowest BCUT2D eigenvalue weighted by Gasteiger charge is -2.09. The zero-order chi connectivity index (χ0) is 11.1. The molecule has 0 aliphatic rings. The Morgan fingerprint density at radius 2 is 2.20 bits per heavy atom. The summed E-state index contributed by atoms with van der Waals surface area (Å²) in [5.41, 5.74) is 1.92. The molecule has 0 radical (unpaired) electrons. The van der Waals surface area contributed by atoms with E-state index in [4.69, 9.17) is 4.74 Å². The fourth-order valence-corrected chi connectivity index (χ4v) is 1.34. The number of thiol groups is 1. The summed E-state index contributed by atoms with van der Waals surface area (Å²) in [6, 6.07) is 7.70. The van der Waals surface area contributed by atoms with E-state index in [0.29, 0.717) is 6.61 Å². The van der Waals surface area contributed by atoms with Crippen LogP contribution in [0, 0.1) is 0 Å². The van der Waals surface area contributed by atoms with E-state index >= 15 is 0 Å². The molecule has 0 bridgehead atoms. The smallest absolute Gasteiger partial charge is 0.234 e. The number of hydrogen-bond donors (Lipinski definition) is 2. The lowest BCUT2D eigenvalue weighted by molar-refractivity contribution is -0.113. The molecular formula is C11H15NO2S. The van der Waals surface area contributed by atoms with Crippen LogP contribution < -0.4 is 5.32 Å². The van der Waals surface area contributed by atoms with Crippen molar-refractivity contribution in [2.75, 3.05) is 24.8 Å². The Kier molecular flexibility index (Phi) is 5.21. The molecule has 0 heterocycles. The van der Waals surface area contributed by atoms with Gasteiger partial charge in [-0.3, -0.25) is 4.79 Å². The Hall–Kier alpha value is -1.000. The number of amides is 1. The van der Waals surface area contributed by atoms with E-state index in [-0.39, 0.29) is 11.7 Å². The summed E-state index contributed by atoms with van der Waals surface area (Å²) >= 11 is 3.91. The number of rotatable bonds is 5. The van der Waals surface area contributed by atoms with Gasteiger partial charge in [0.05, 0.1) is 12.4 Å². The standard InChI is InChI=1S/C11H15NO2S/c1-14-7-6-9-4-2-3-5-10(9)12-11(13)8-15/h2-5,15H,6-8H2,1H3,(H,12,13). The number of anilines is 1. The van der Waals surface area contributed by atoms with E-state index in [1.165, 1.54) is 0 Å². The summed E-state index contributed by atoms with van der Waals surface area (Å²) in [6.07, 6.45) is 0.791. The molecule has 1 amide bonds. The summed E-state index contributed by atoms with van der Waals surface area (Å²) < 4.78 is 5.00. The summed E-state index contributed by atoms with van der Waals surface area (Å²) in [7, 11) is 1.66. The van der Waals surface area contributed by atoms with Crippen LogP contribution in [0.3, 0.4) is 0 Å². The van der Waals surface area contributed by atoms with Crippen molar-refractivity contribution in [2.24, 2.45) is 0 Å². The van der Waals surface area contributed by atoms with Gasteiger partial charge < -0.3 is 10.1 Å². The molecule has 15 heavy (non-hydrogen) atoms. The minimum Gasteiger partial charge on any atom is -0.384 e. The van der Waals surface area contributed by atoms with Gasteiger partial charge in [0, 0.05) is 12.8 Å². The van der Waals surface area contributed by atoms with E-state index in [0.717, 1.165) is 17.7 Å². The van der Waals surface area contributed by atoms with Crippen molar-refractivity contribution in [3.05, 3.63) is 29.8 Å². The zero-order valence-corrected chi connectivity index (χ0v) is 9.59. The summed E-state index contributed by atoms with van der Waals surface area (Å²) in [5.74, 6) is 0.0988. The van der Waals surface area contributed by atoms with Crippen LogP contribution in [0.25, 0.3) is 0 Å². The first-order valence-corrected chi connectivity index (χ1v) is 5.38. The molecule has 0 aliphatic carbocycles. The van der Waals surface area contributed by atoms with Crippen LogP contribution in [0.4, 0.5) is 5.69 Å². The molecule has 0 aromatic heterocycles. The van der Waals surface area contributed by atoms with Crippen LogP contribution in [-0.4, -0.2) is 25.4 Å². The predicted octanol–water partition coefficient (Wildman–Crippen LogP) is 1.74. The fourth-order valence-electron chi connectivity index (χ4n) is 1.26. The second-order valence-corrected chi connectivity index (χ2v) is 3.42. The lowest BCUT2D eigenvalue weighted by atomic mass is 10.1. The largest absolute Gasteiger partial charge is 0.384 e. The molecule has 0 unspecified atom stereocenters. The minimum atomic E-state index is -0.0943. The number of benzene rings is 1. The second-order valence-electron chi connectivity index (χ2n) is 3.11. The Bertz CT molecular complexity index is 328. The second kappa shape index (κ2) is 6.48. The van der Waals surface area contributed by atoms with Gasteiger partial charge in [0.2, 0.25) is 5.91 Å². The fraction of sp³-hybridized carbons (Fsp3) is 0.364. The maximum absolute atomic E-state index is 11.2. The number of nitrogens with one attached hydrogen (secondary N) is 1. The van der Waals surface area contributed by atoms with E-state index in [1.807, 2.05) is 24.3 Å². The van der Waals surface area contributed by atoms with Crippen molar-refractivity contribution < 1.29 is 9.53 Å². The lowest BCUT2D eigenvalue weighted by Crippen LogP contribution is -2.14. The number of carbonyl (C=O) groups excluding carboxylic acids is 1. The minimum absolute atomic E-state index is 0.0943. The van der Waals surface area contributed by atoms with Gasteiger partial charge in [0.1, 0.15) is 0 Å². The van der Waals surface area contributed by atoms with Gasteiger partial charge in [-0.15, -0.1) is 0 Å². The van der Waals surface area contributed by atoms with Crippen molar-refractivity contribution in [1.29, 1.82) is 0 Å². The first-order valence-electron chi connectivity index (χ1n) is 4.75. The average molecular weight is 225 g/mol. The summed E-state index contributed by atoms with van der Waals surface area (Å²) in [5, 5.41) is 2.80. The first kappa shape index (κ1) is 12.1. The third kappa shape index (κ3) is 3.93. The molecule has 1 rings (SSSR count). The van der Waals surface area contributed by atoms with Gasteiger partial charge in [-0.05, 0) is 18.1 Å². The van der Waals surface area contributed by atoms with Crippen LogP contribution in [0.1, 0.15) is 5.56 Å². The Balaban J connectivity index is 2.72. The van der Waals surface area contributed by atoms with E-state index in [9.17, 15) is 4.79 Å². The van der Waals surface area contributed by atoms with Crippen LogP contribution >= 0.6 is 12.6 Å². The highest BCUT2D eigenvalue weighted by molar-refractivity contribution is 7.81. The summed E-state index contributed by atoms with van der Waals surface area (Å²) in [4.78, 5) is 11.2. The molecule has 82 valence electrons.